The van der Waals surface area contributed by atoms with Gasteiger partial charge in [-0.2, -0.15) is 5.10 Å². The Bertz CT molecular complexity index is 522. The highest BCUT2D eigenvalue weighted by molar-refractivity contribution is 6.33. The van der Waals surface area contributed by atoms with Gasteiger partial charge in [0.15, 0.2) is 5.82 Å². The fourth-order valence-electron chi connectivity index (χ4n) is 3.80. The molecule has 0 radical (unpaired) electrons. The van der Waals surface area contributed by atoms with Crippen LogP contribution in [0.4, 0.5) is 5.82 Å². The second-order valence-corrected chi connectivity index (χ2v) is 6.68. The smallest absolute Gasteiger partial charge is 0.230 e. The van der Waals surface area contributed by atoms with Crippen molar-refractivity contribution in [1.82, 2.24) is 15.1 Å². The number of nitrogens with zero attached hydrogens (tertiary/aromatic N) is 2. The van der Waals surface area contributed by atoms with Crippen molar-refractivity contribution in [3.63, 3.8) is 0 Å². The number of halogens is 1. The second-order valence-electron chi connectivity index (χ2n) is 6.28. The molecule has 6 heteroatoms. The van der Waals surface area contributed by atoms with E-state index in [9.17, 15) is 4.79 Å². The lowest BCUT2D eigenvalue weighted by Gasteiger charge is -2.37. The van der Waals surface area contributed by atoms with E-state index in [0.717, 1.165) is 32.5 Å². The van der Waals surface area contributed by atoms with Gasteiger partial charge in [-0.25, -0.2) is 0 Å². The Morgan fingerprint density at radius 1 is 1.52 bits per heavy atom. The molecule has 1 aliphatic carbocycles. The molecule has 2 fully saturated rings. The molecule has 116 valence electrons. The summed E-state index contributed by atoms with van der Waals surface area (Å²) in [6.07, 6.45) is 7.81. The Morgan fingerprint density at radius 2 is 2.29 bits per heavy atom. The maximum Gasteiger partial charge on any atom is 0.230 e. The zero-order valence-corrected chi connectivity index (χ0v) is 13.2. The Hall–Kier alpha value is -1.07. The molecule has 1 spiro atoms. The molecule has 0 aromatic carbocycles. The van der Waals surface area contributed by atoms with Crippen LogP contribution in [0.3, 0.4) is 0 Å². The predicted molar refractivity (Wildman–Crippen MR) is 83.4 cm³/mol. The standard InChI is InChI=1S/C15H23ClN4O/c1-2-20-9-12(16)13(19-20)18-14(21)11-8-17-10-15(11)6-4-3-5-7-15/h9,11,17H,2-8,10H2,1H3,(H,18,19,21). The van der Waals surface area contributed by atoms with E-state index in [1.54, 1.807) is 10.9 Å². The van der Waals surface area contributed by atoms with Gasteiger partial charge in [-0.1, -0.05) is 30.9 Å². The van der Waals surface area contributed by atoms with Gasteiger partial charge >= 0.3 is 0 Å². The number of rotatable bonds is 3. The molecule has 2 N–H and O–H groups in total. The molecule has 0 bridgehead atoms. The van der Waals surface area contributed by atoms with Crippen LogP contribution in [0.1, 0.15) is 39.0 Å². The first-order chi connectivity index (χ1) is 10.1. The van der Waals surface area contributed by atoms with Gasteiger partial charge in [-0.05, 0) is 25.2 Å². The van der Waals surface area contributed by atoms with E-state index in [2.05, 4.69) is 15.7 Å². The lowest BCUT2D eigenvalue weighted by molar-refractivity contribution is -0.123. The van der Waals surface area contributed by atoms with Crippen LogP contribution in [0.5, 0.6) is 0 Å². The van der Waals surface area contributed by atoms with E-state index in [4.69, 9.17) is 11.6 Å². The Morgan fingerprint density at radius 3 is 2.95 bits per heavy atom. The van der Waals surface area contributed by atoms with Crippen molar-refractivity contribution in [2.24, 2.45) is 11.3 Å². The zero-order chi connectivity index (χ0) is 14.9. The van der Waals surface area contributed by atoms with Gasteiger partial charge in [0.2, 0.25) is 5.91 Å². The van der Waals surface area contributed by atoms with Crippen LogP contribution in [-0.4, -0.2) is 28.8 Å². The molecular weight excluding hydrogens is 288 g/mol. The molecule has 1 unspecified atom stereocenters. The van der Waals surface area contributed by atoms with Gasteiger partial charge in [0.1, 0.15) is 5.02 Å². The molecule has 2 heterocycles. The van der Waals surface area contributed by atoms with Crippen LogP contribution in [-0.2, 0) is 11.3 Å². The van der Waals surface area contributed by atoms with Gasteiger partial charge in [0.05, 0.1) is 5.92 Å². The summed E-state index contributed by atoms with van der Waals surface area (Å²) in [5.41, 5.74) is 0.141. The van der Waals surface area contributed by atoms with Gasteiger partial charge in [0, 0.05) is 25.8 Å². The molecule has 3 rings (SSSR count). The molecule has 1 aromatic rings. The highest BCUT2D eigenvalue weighted by Gasteiger charge is 2.47. The van der Waals surface area contributed by atoms with Gasteiger partial charge in [0.25, 0.3) is 0 Å². The molecule has 21 heavy (non-hydrogen) atoms. The number of nitrogens with one attached hydrogen (secondary N) is 2. The van der Waals surface area contributed by atoms with E-state index in [1.807, 2.05) is 6.92 Å². The third kappa shape index (κ3) is 2.81. The maximum absolute atomic E-state index is 12.7. The van der Waals surface area contributed by atoms with Crippen molar-refractivity contribution in [3.8, 4) is 0 Å². The molecule has 1 saturated heterocycles. The predicted octanol–water partition coefficient (Wildman–Crippen LogP) is 2.66. The maximum atomic E-state index is 12.7. The number of carbonyl (C=O) groups excluding carboxylic acids is 1. The number of aromatic nitrogens is 2. The summed E-state index contributed by atoms with van der Waals surface area (Å²) in [5.74, 6) is 0.576. The summed E-state index contributed by atoms with van der Waals surface area (Å²) in [4.78, 5) is 12.7. The van der Waals surface area contributed by atoms with Crippen molar-refractivity contribution >= 4 is 23.3 Å². The molecule has 1 aromatic heterocycles. The monoisotopic (exact) mass is 310 g/mol. The lowest BCUT2D eigenvalue weighted by atomic mass is 9.67. The topological polar surface area (TPSA) is 59.0 Å². The van der Waals surface area contributed by atoms with Crippen LogP contribution in [0.2, 0.25) is 5.02 Å². The molecule has 5 nitrogen and oxygen atoms in total. The Balaban J connectivity index is 1.73. The number of hydrogen-bond acceptors (Lipinski definition) is 3. The zero-order valence-electron chi connectivity index (χ0n) is 12.5. The number of amides is 1. The van der Waals surface area contributed by atoms with Crippen molar-refractivity contribution in [2.75, 3.05) is 18.4 Å². The molecule has 2 aliphatic rings. The molecule has 1 saturated carbocycles. The second kappa shape index (κ2) is 5.97. The van der Waals surface area contributed by atoms with Crippen molar-refractivity contribution in [2.45, 2.75) is 45.6 Å². The first-order valence-corrected chi connectivity index (χ1v) is 8.27. The normalized spacial score (nSPS) is 24.4. The van der Waals surface area contributed by atoms with E-state index in [0.29, 0.717) is 10.8 Å². The summed E-state index contributed by atoms with van der Waals surface area (Å²) < 4.78 is 1.74. The van der Waals surface area contributed by atoms with Gasteiger partial charge < -0.3 is 10.6 Å². The molecule has 1 amide bonds. The minimum absolute atomic E-state index is 0.0284. The summed E-state index contributed by atoms with van der Waals surface area (Å²) >= 11 is 6.14. The SMILES string of the molecule is CCn1cc(Cl)c(NC(=O)C2CNCC23CCCCC3)n1. The third-order valence-electron chi connectivity index (χ3n) is 5.01. The fourth-order valence-corrected chi connectivity index (χ4v) is 4.00. The number of anilines is 1. The summed E-state index contributed by atoms with van der Waals surface area (Å²) in [7, 11) is 0. The van der Waals surface area contributed by atoms with Crippen molar-refractivity contribution < 1.29 is 4.79 Å². The molecular formula is C15H23ClN4O. The minimum Gasteiger partial charge on any atom is -0.315 e. The largest absolute Gasteiger partial charge is 0.315 e. The first kappa shape index (κ1) is 14.9. The van der Waals surface area contributed by atoms with Crippen LogP contribution in [0.25, 0.3) is 0 Å². The van der Waals surface area contributed by atoms with Crippen LogP contribution >= 0.6 is 11.6 Å². The lowest BCUT2D eigenvalue weighted by Crippen LogP contribution is -2.39. The third-order valence-corrected chi connectivity index (χ3v) is 5.29. The van der Waals surface area contributed by atoms with E-state index < -0.39 is 0 Å². The summed E-state index contributed by atoms with van der Waals surface area (Å²) in [6.45, 7) is 4.46. The Labute approximate surface area is 130 Å². The van der Waals surface area contributed by atoms with Crippen LogP contribution in [0.15, 0.2) is 6.20 Å². The molecule has 1 atom stereocenters. The van der Waals surface area contributed by atoms with E-state index in [1.165, 1.54) is 19.3 Å². The number of hydrogen-bond donors (Lipinski definition) is 2. The van der Waals surface area contributed by atoms with Crippen LogP contribution in [0, 0.1) is 11.3 Å². The molecule has 1 aliphatic heterocycles. The minimum atomic E-state index is 0.0284. The highest BCUT2D eigenvalue weighted by Crippen LogP contribution is 2.45. The van der Waals surface area contributed by atoms with Crippen LogP contribution < -0.4 is 10.6 Å². The quantitative estimate of drug-likeness (QED) is 0.902. The average Bonchev–Trinajstić information content (AvgIpc) is 3.04. The number of aryl methyl sites for hydroxylation is 1. The highest BCUT2D eigenvalue weighted by atomic mass is 35.5. The van der Waals surface area contributed by atoms with Gasteiger partial charge in [-0.3, -0.25) is 9.48 Å². The fraction of sp³-hybridized carbons (Fsp3) is 0.733. The van der Waals surface area contributed by atoms with E-state index in [-0.39, 0.29) is 17.2 Å². The van der Waals surface area contributed by atoms with Crippen molar-refractivity contribution in [3.05, 3.63) is 11.2 Å². The van der Waals surface area contributed by atoms with Crippen molar-refractivity contribution in [1.29, 1.82) is 0 Å². The number of carbonyl (C=O) groups is 1. The average molecular weight is 311 g/mol. The Kier molecular flexibility index (Phi) is 4.22. The van der Waals surface area contributed by atoms with E-state index >= 15 is 0 Å². The van der Waals surface area contributed by atoms with Gasteiger partial charge in [-0.15, -0.1) is 0 Å². The summed E-state index contributed by atoms with van der Waals surface area (Å²) in [5, 5.41) is 11.2. The summed E-state index contributed by atoms with van der Waals surface area (Å²) in [6, 6.07) is 0. The first-order valence-electron chi connectivity index (χ1n) is 7.89.